The van der Waals surface area contributed by atoms with E-state index >= 15 is 0 Å². The maximum absolute atomic E-state index is 11.1. The van der Waals surface area contributed by atoms with E-state index in [-0.39, 0.29) is 5.97 Å². The second kappa shape index (κ2) is 8.75. The van der Waals surface area contributed by atoms with Gasteiger partial charge in [-0.25, -0.2) is 4.79 Å². The Morgan fingerprint density at radius 3 is 2.57 bits per heavy atom. The van der Waals surface area contributed by atoms with Crippen LogP contribution in [0.2, 0.25) is 0 Å². The van der Waals surface area contributed by atoms with Crippen LogP contribution in [0, 0.1) is 0 Å². The highest BCUT2D eigenvalue weighted by molar-refractivity contribution is 5.88. The van der Waals surface area contributed by atoms with Crippen molar-refractivity contribution in [3.63, 3.8) is 0 Å². The maximum Gasteiger partial charge on any atom is 0.333 e. The largest absolute Gasteiger partial charge is 0.466 e. The van der Waals surface area contributed by atoms with Crippen molar-refractivity contribution in [3.05, 3.63) is 11.6 Å². The summed E-state index contributed by atoms with van der Waals surface area (Å²) in [4.78, 5) is 11.1. The molecule has 14 heavy (non-hydrogen) atoms. The van der Waals surface area contributed by atoms with Crippen molar-refractivity contribution in [2.24, 2.45) is 0 Å². The zero-order chi connectivity index (χ0) is 10.8. The zero-order valence-corrected chi connectivity index (χ0v) is 9.34. The minimum absolute atomic E-state index is 0.258. The van der Waals surface area contributed by atoms with Crippen LogP contribution in [-0.2, 0) is 14.3 Å². The van der Waals surface area contributed by atoms with Crippen molar-refractivity contribution < 1.29 is 14.3 Å². The molecule has 0 bridgehead atoms. The molecular weight excluding hydrogens is 180 g/mol. The van der Waals surface area contributed by atoms with Crippen molar-refractivity contribution in [3.8, 4) is 0 Å². The van der Waals surface area contributed by atoms with Crippen molar-refractivity contribution in [2.45, 2.75) is 33.1 Å². The van der Waals surface area contributed by atoms with Crippen LogP contribution >= 0.6 is 0 Å². The summed E-state index contributed by atoms with van der Waals surface area (Å²) in [6.45, 7) is 5.29. The second-order valence-corrected chi connectivity index (χ2v) is 3.00. The molecule has 3 nitrogen and oxygen atoms in total. The number of hydrogen-bond acceptors (Lipinski definition) is 3. The summed E-state index contributed by atoms with van der Waals surface area (Å²) < 4.78 is 9.94. The molecule has 0 unspecified atom stereocenters. The number of carbonyl (C=O) groups is 1. The topological polar surface area (TPSA) is 35.5 Å². The normalized spacial score (nSPS) is 11.5. The lowest BCUT2D eigenvalue weighted by Crippen LogP contribution is -2.05. The third-order valence-electron chi connectivity index (χ3n) is 1.92. The third-order valence-corrected chi connectivity index (χ3v) is 1.92. The first-order chi connectivity index (χ1) is 6.76. The fourth-order valence-corrected chi connectivity index (χ4v) is 0.992. The van der Waals surface area contributed by atoms with E-state index in [2.05, 4.69) is 11.7 Å². The fraction of sp³-hybridized carbons (Fsp3) is 0.727. The monoisotopic (exact) mass is 200 g/mol. The molecule has 0 saturated carbocycles. The van der Waals surface area contributed by atoms with E-state index in [1.807, 2.05) is 6.92 Å². The number of esters is 1. The predicted octanol–water partition coefficient (Wildman–Crippen LogP) is 2.31. The molecule has 0 heterocycles. The van der Waals surface area contributed by atoms with Crippen LogP contribution in [0.1, 0.15) is 33.1 Å². The number of methoxy groups -OCH3 is 1. The number of unbranched alkanes of at least 4 members (excludes halogenated alkanes) is 1. The van der Waals surface area contributed by atoms with Crippen LogP contribution in [0.25, 0.3) is 0 Å². The van der Waals surface area contributed by atoms with Crippen LogP contribution in [0.3, 0.4) is 0 Å². The van der Waals surface area contributed by atoms with Gasteiger partial charge in [0.15, 0.2) is 0 Å². The van der Waals surface area contributed by atoms with Crippen molar-refractivity contribution in [1.82, 2.24) is 0 Å². The summed E-state index contributed by atoms with van der Waals surface area (Å²) in [5.41, 5.74) is 0.684. The molecule has 0 radical (unpaired) electrons. The van der Waals surface area contributed by atoms with Gasteiger partial charge in [-0.15, -0.1) is 0 Å². The van der Waals surface area contributed by atoms with Crippen LogP contribution in [-0.4, -0.2) is 26.3 Å². The van der Waals surface area contributed by atoms with Gasteiger partial charge >= 0.3 is 5.97 Å². The minimum atomic E-state index is -0.258. The second-order valence-electron chi connectivity index (χ2n) is 3.00. The van der Waals surface area contributed by atoms with E-state index < -0.39 is 0 Å². The Bertz CT molecular complexity index is 185. The van der Waals surface area contributed by atoms with E-state index in [0.29, 0.717) is 18.6 Å². The lowest BCUT2D eigenvalue weighted by Gasteiger charge is -2.03. The summed E-state index contributed by atoms with van der Waals surface area (Å²) in [5, 5.41) is 0. The number of hydrogen-bond donors (Lipinski definition) is 0. The Morgan fingerprint density at radius 2 is 2.07 bits per heavy atom. The molecule has 0 spiro atoms. The highest BCUT2D eigenvalue weighted by Gasteiger charge is 2.05. The maximum atomic E-state index is 11.1. The Hall–Kier alpha value is -0.830. The number of ether oxygens (including phenoxy) is 2. The molecule has 0 aromatic carbocycles. The molecule has 0 aromatic rings. The van der Waals surface area contributed by atoms with Gasteiger partial charge in [0.05, 0.1) is 13.7 Å². The van der Waals surface area contributed by atoms with Gasteiger partial charge in [0, 0.05) is 12.2 Å². The Balaban J connectivity index is 3.76. The van der Waals surface area contributed by atoms with Gasteiger partial charge in [0.25, 0.3) is 0 Å². The van der Waals surface area contributed by atoms with Gasteiger partial charge in [0.1, 0.15) is 0 Å². The minimum Gasteiger partial charge on any atom is -0.466 e. The first-order valence-electron chi connectivity index (χ1n) is 5.11. The molecule has 0 aromatic heterocycles. The summed E-state index contributed by atoms with van der Waals surface area (Å²) in [7, 11) is 1.39. The van der Waals surface area contributed by atoms with E-state index in [1.54, 1.807) is 6.08 Å². The van der Waals surface area contributed by atoms with Crippen LogP contribution in [0.5, 0.6) is 0 Å². The Kier molecular flexibility index (Phi) is 8.24. The van der Waals surface area contributed by atoms with Gasteiger partial charge < -0.3 is 9.47 Å². The first-order valence-corrected chi connectivity index (χ1v) is 5.11. The van der Waals surface area contributed by atoms with Gasteiger partial charge in [-0.3, -0.25) is 0 Å². The Morgan fingerprint density at radius 1 is 1.36 bits per heavy atom. The molecule has 3 heteroatoms. The molecule has 0 aliphatic carbocycles. The number of carbonyl (C=O) groups excluding carboxylic acids is 1. The third kappa shape index (κ3) is 5.75. The van der Waals surface area contributed by atoms with E-state index in [0.717, 1.165) is 19.4 Å². The molecule has 0 rings (SSSR count). The fourth-order valence-electron chi connectivity index (χ4n) is 0.992. The molecule has 0 N–H and O–H groups in total. The SMILES string of the molecule is CCCCOCC=C(CC)C(=O)OC. The van der Waals surface area contributed by atoms with Crippen LogP contribution < -0.4 is 0 Å². The van der Waals surface area contributed by atoms with Gasteiger partial charge in [-0.1, -0.05) is 20.3 Å². The van der Waals surface area contributed by atoms with E-state index in [1.165, 1.54) is 7.11 Å². The van der Waals surface area contributed by atoms with E-state index in [9.17, 15) is 4.79 Å². The summed E-state index contributed by atoms with van der Waals surface area (Å²) in [6.07, 6.45) is 4.67. The average molecular weight is 200 g/mol. The van der Waals surface area contributed by atoms with Crippen LogP contribution in [0.15, 0.2) is 11.6 Å². The molecule has 82 valence electrons. The molecule has 0 amide bonds. The highest BCUT2D eigenvalue weighted by Crippen LogP contribution is 2.02. The predicted molar refractivity (Wildman–Crippen MR) is 56.1 cm³/mol. The summed E-state index contributed by atoms with van der Waals surface area (Å²) in [5.74, 6) is -0.258. The molecule has 0 aliphatic heterocycles. The van der Waals surface area contributed by atoms with E-state index in [4.69, 9.17) is 4.74 Å². The molecular formula is C11H20O3. The molecule has 0 fully saturated rings. The number of rotatable bonds is 7. The molecule has 0 atom stereocenters. The zero-order valence-electron chi connectivity index (χ0n) is 9.34. The van der Waals surface area contributed by atoms with Crippen molar-refractivity contribution in [1.29, 1.82) is 0 Å². The first kappa shape index (κ1) is 13.2. The Labute approximate surface area is 86.1 Å². The van der Waals surface area contributed by atoms with Crippen LogP contribution in [0.4, 0.5) is 0 Å². The molecule has 0 saturated heterocycles. The van der Waals surface area contributed by atoms with Crippen molar-refractivity contribution >= 4 is 5.97 Å². The lowest BCUT2D eigenvalue weighted by molar-refractivity contribution is -0.136. The summed E-state index contributed by atoms with van der Waals surface area (Å²) >= 11 is 0. The van der Waals surface area contributed by atoms with Gasteiger partial charge in [-0.05, 0) is 18.9 Å². The van der Waals surface area contributed by atoms with Crippen molar-refractivity contribution in [2.75, 3.05) is 20.3 Å². The smallest absolute Gasteiger partial charge is 0.333 e. The summed E-state index contributed by atoms with van der Waals surface area (Å²) in [6, 6.07) is 0. The quantitative estimate of drug-likeness (QED) is 0.359. The standard InChI is InChI=1S/C11H20O3/c1-4-6-8-14-9-7-10(5-2)11(12)13-3/h7H,4-6,8-9H2,1-3H3. The average Bonchev–Trinajstić information content (AvgIpc) is 2.22. The lowest BCUT2D eigenvalue weighted by atomic mass is 10.2. The van der Waals surface area contributed by atoms with Gasteiger partial charge in [-0.2, -0.15) is 0 Å². The highest BCUT2D eigenvalue weighted by atomic mass is 16.5. The molecule has 0 aliphatic rings. The van der Waals surface area contributed by atoms with Gasteiger partial charge in [0.2, 0.25) is 0 Å².